The van der Waals surface area contributed by atoms with Crippen molar-refractivity contribution in [1.29, 1.82) is 0 Å². The number of rotatable bonds is 10. The summed E-state index contributed by atoms with van der Waals surface area (Å²) in [5, 5.41) is 3.43. The minimum absolute atomic E-state index is 0.232. The van der Waals surface area contributed by atoms with Gasteiger partial charge in [-0.05, 0) is 72.7 Å². The van der Waals surface area contributed by atoms with Crippen molar-refractivity contribution < 1.29 is 22.7 Å². The quantitative estimate of drug-likeness (QED) is 0.313. The van der Waals surface area contributed by atoms with Crippen molar-refractivity contribution in [3.05, 3.63) is 94.0 Å². The molecule has 0 heterocycles. The zero-order valence-corrected chi connectivity index (χ0v) is 20.7. The van der Waals surface area contributed by atoms with E-state index in [2.05, 4.69) is 5.32 Å². The van der Waals surface area contributed by atoms with Crippen LogP contribution < -0.4 is 10.1 Å². The van der Waals surface area contributed by atoms with Gasteiger partial charge in [-0.25, -0.2) is 0 Å². The van der Waals surface area contributed by atoms with Crippen LogP contribution in [0.2, 0.25) is 5.02 Å². The van der Waals surface area contributed by atoms with Gasteiger partial charge < -0.3 is 15.0 Å². The lowest BCUT2D eigenvalue weighted by Crippen LogP contribution is -2.33. The van der Waals surface area contributed by atoms with E-state index in [4.69, 9.17) is 16.3 Å². The number of halogens is 4. The van der Waals surface area contributed by atoms with Crippen molar-refractivity contribution in [2.45, 2.75) is 32.0 Å². The first kappa shape index (κ1) is 25.9. The average molecular weight is 517 g/mol. The molecule has 1 aliphatic carbocycles. The van der Waals surface area contributed by atoms with E-state index in [-0.39, 0.29) is 25.4 Å². The standard InChI is InChI=1S/C28H28ClF3N2O2/c1-33-26-12-9-23(29)16-25(26)27(35)34(14-13-19-3-2-4-22(15-19)28(30,31)32)17-20-7-10-24(11-8-20)36-18-21-5-6-21/h2-4,7-12,15-16,21,33H,5-6,13-14,17-18H2,1H3. The van der Waals surface area contributed by atoms with Crippen LogP contribution in [0.15, 0.2) is 66.7 Å². The van der Waals surface area contributed by atoms with Gasteiger partial charge in [0.15, 0.2) is 0 Å². The van der Waals surface area contributed by atoms with Crippen LogP contribution in [-0.2, 0) is 19.1 Å². The Bertz CT molecular complexity index is 1190. The maximum absolute atomic E-state index is 13.6. The summed E-state index contributed by atoms with van der Waals surface area (Å²) in [5.41, 5.74) is 1.72. The fourth-order valence-electron chi connectivity index (χ4n) is 3.91. The largest absolute Gasteiger partial charge is 0.493 e. The van der Waals surface area contributed by atoms with Crippen molar-refractivity contribution in [2.24, 2.45) is 5.92 Å². The molecule has 4 rings (SSSR count). The third-order valence-electron chi connectivity index (χ3n) is 6.17. The van der Waals surface area contributed by atoms with Gasteiger partial charge >= 0.3 is 6.18 Å². The third kappa shape index (κ3) is 6.94. The zero-order chi connectivity index (χ0) is 25.7. The van der Waals surface area contributed by atoms with E-state index in [1.54, 1.807) is 36.2 Å². The molecule has 0 aliphatic heterocycles. The van der Waals surface area contributed by atoms with Crippen LogP contribution in [0.25, 0.3) is 0 Å². The van der Waals surface area contributed by atoms with Crippen molar-refractivity contribution in [3.63, 3.8) is 0 Å². The van der Waals surface area contributed by atoms with Crippen LogP contribution in [0.3, 0.4) is 0 Å². The van der Waals surface area contributed by atoms with Gasteiger partial charge in [0.05, 0.1) is 17.7 Å². The Balaban J connectivity index is 1.54. The lowest BCUT2D eigenvalue weighted by atomic mass is 10.1. The van der Waals surface area contributed by atoms with E-state index >= 15 is 0 Å². The summed E-state index contributed by atoms with van der Waals surface area (Å²) in [7, 11) is 1.72. The van der Waals surface area contributed by atoms with Gasteiger partial charge in [-0.15, -0.1) is 0 Å². The summed E-state index contributed by atoms with van der Waals surface area (Å²) >= 11 is 6.17. The number of hydrogen-bond donors (Lipinski definition) is 1. The molecule has 4 nitrogen and oxygen atoms in total. The van der Waals surface area contributed by atoms with E-state index in [1.165, 1.54) is 18.9 Å². The highest BCUT2D eigenvalue weighted by atomic mass is 35.5. The van der Waals surface area contributed by atoms with Gasteiger partial charge in [-0.3, -0.25) is 4.79 Å². The van der Waals surface area contributed by atoms with E-state index in [0.29, 0.717) is 34.4 Å². The SMILES string of the molecule is CNc1ccc(Cl)cc1C(=O)N(CCc1cccc(C(F)(F)F)c1)Cc1ccc(OCC2CC2)cc1. The van der Waals surface area contributed by atoms with Gasteiger partial charge in [0.2, 0.25) is 0 Å². The van der Waals surface area contributed by atoms with Gasteiger partial charge in [0, 0.05) is 30.8 Å². The Hall–Kier alpha value is -3.19. The molecule has 36 heavy (non-hydrogen) atoms. The van der Waals surface area contributed by atoms with Crippen LogP contribution in [0.4, 0.5) is 18.9 Å². The predicted octanol–water partition coefficient (Wildman–Crippen LogP) is 7.07. The first-order chi connectivity index (χ1) is 17.2. The number of carbonyl (C=O) groups is 1. The minimum atomic E-state index is -4.42. The number of alkyl halides is 3. The number of ether oxygens (including phenoxy) is 1. The fourth-order valence-corrected chi connectivity index (χ4v) is 4.08. The molecule has 1 saturated carbocycles. The molecular weight excluding hydrogens is 489 g/mol. The monoisotopic (exact) mass is 516 g/mol. The number of hydrogen-bond acceptors (Lipinski definition) is 3. The normalized spacial score (nSPS) is 13.4. The Morgan fingerprint density at radius 3 is 2.47 bits per heavy atom. The molecule has 0 saturated heterocycles. The Kier molecular flexibility index (Phi) is 8.09. The van der Waals surface area contributed by atoms with Crippen molar-refractivity contribution in [3.8, 4) is 5.75 Å². The summed E-state index contributed by atoms with van der Waals surface area (Å²) in [6, 6.07) is 17.8. The highest BCUT2D eigenvalue weighted by Gasteiger charge is 2.30. The van der Waals surface area contributed by atoms with Crippen LogP contribution >= 0.6 is 11.6 Å². The molecule has 0 bridgehead atoms. The van der Waals surface area contributed by atoms with Crippen LogP contribution in [0.5, 0.6) is 5.75 Å². The molecule has 1 amide bonds. The van der Waals surface area contributed by atoms with Gasteiger partial charge in [0.25, 0.3) is 5.91 Å². The van der Waals surface area contributed by atoms with E-state index < -0.39 is 11.7 Å². The Morgan fingerprint density at radius 2 is 1.81 bits per heavy atom. The molecule has 0 unspecified atom stereocenters. The molecule has 190 valence electrons. The number of carbonyl (C=O) groups excluding carboxylic acids is 1. The van der Waals surface area contributed by atoms with E-state index in [0.717, 1.165) is 23.4 Å². The summed E-state index contributed by atoms with van der Waals surface area (Å²) in [6.07, 6.45) is -1.73. The van der Waals surface area contributed by atoms with Crippen LogP contribution in [0, 0.1) is 5.92 Å². The van der Waals surface area contributed by atoms with E-state index in [1.807, 2.05) is 24.3 Å². The van der Waals surface area contributed by atoms with Crippen LogP contribution in [-0.4, -0.2) is 31.0 Å². The van der Waals surface area contributed by atoms with E-state index in [9.17, 15) is 18.0 Å². The minimum Gasteiger partial charge on any atom is -0.493 e. The number of amides is 1. The second kappa shape index (κ2) is 11.2. The molecule has 1 fully saturated rings. The smallest absolute Gasteiger partial charge is 0.416 e. The molecule has 1 N–H and O–H groups in total. The topological polar surface area (TPSA) is 41.6 Å². The number of benzene rings is 3. The third-order valence-corrected chi connectivity index (χ3v) is 6.41. The highest BCUT2D eigenvalue weighted by molar-refractivity contribution is 6.31. The predicted molar refractivity (Wildman–Crippen MR) is 136 cm³/mol. The molecule has 1 aliphatic rings. The second-order valence-electron chi connectivity index (χ2n) is 9.01. The van der Waals surface area contributed by atoms with Crippen LogP contribution in [0.1, 0.15) is 39.9 Å². The highest BCUT2D eigenvalue weighted by Crippen LogP contribution is 2.31. The molecule has 3 aromatic carbocycles. The maximum Gasteiger partial charge on any atom is 0.416 e. The molecular formula is C28H28ClF3N2O2. The summed E-state index contributed by atoms with van der Waals surface area (Å²) in [5.74, 6) is 1.16. The van der Waals surface area contributed by atoms with Gasteiger partial charge in [0.1, 0.15) is 5.75 Å². The Labute approximate surface area is 214 Å². The first-order valence-electron chi connectivity index (χ1n) is 11.9. The first-order valence-corrected chi connectivity index (χ1v) is 12.2. The summed E-state index contributed by atoms with van der Waals surface area (Å²) in [4.78, 5) is 15.2. The lowest BCUT2D eigenvalue weighted by Gasteiger charge is -2.25. The maximum atomic E-state index is 13.6. The summed E-state index contributed by atoms with van der Waals surface area (Å²) in [6.45, 7) is 1.23. The lowest BCUT2D eigenvalue weighted by molar-refractivity contribution is -0.137. The van der Waals surface area contributed by atoms with Gasteiger partial charge in [-0.2, -0.15) is 13.2 Å². The van der Waals surface area contributed by atoms with Gasteiger partial charge in [-0.1, -0.05) is 41.9 Å². The van der Waals surface area contributed by atoms with Crippen molar-refractivity contribution in [1.82, 2.24) is 4.90 Å². The molecule has 0 spiro atoms. The zero-order valence-electron chi connectivity index (χ0n) is 19.9. The molecule has 8 heteroatoms. The number of nitrogens with zero attached hydrogens (tertiary/aromatic N) is 1. The number of nitrogens with one attached hydrogen (secondary N) is 1. The number of anilines is 1. The fraction of sp³-hybridized carbons (Fsp3) is 0.321. The second-order valence-corrected chi connectivity index (χ2v) is 9.45. The molecule has 3 aromatic rings. The molecule has 0 radical (unpaired) electrons. The Morgan fingerprint density at radius 1 is 1.06 bits per heavy atom. The molecule has 0 aromatic heterocycles. The summed E-state index contributed by atoms with van der Waals surface area (Å²) < 4.78 is 45.3. The van der Waals surface area contributed by atoms with Crippen molar-refractivity contribution in [2.75, 3.05) is 25.5 Å². The average Bonchev–Trinajstić information content (AvgIpc) is 3.70. The van der Waals surface area contributed by atoms with Crippen molar-refractivity contribution >= 4 is 23.2 Å². The molecule has 0 atom stereocenters.